The Morgan fingerprint density at radius 3 is 2.42 bits per heavy atom. The number of aromatic carboxylic acids is 1. The van der Waals surface area contributed by atoms with E-state index in [2.05, 4.69) is 4.72 Å². The smallest absolute Gasteiger partial charge is 0.335 e. The summed E-state index contributed by atoms with van der Waals surface area (Å²) in [6, 6.07) is 8.60. The Kier molecular flexibility index (Phi) is 3.57. The summed E-state index contributed by atoms with van der Waals surface area (Å²) >= 11 is 0. The summed E-state index contributed by atoms with van der Waals surface area (Å²) in [6.45, 7) is 0. The minimum absolute atomic E-state index is 0.0917. The third-order valence-electron chi connectivity index (χ3n) is 2.32. The molecule has 2 rings (SSSR count). The molecular weight excluding hydrogens is 270 g/mol. The molecule has 2 aromatic rings. The second-order valence-corrected chi connectivity index (χ2v) is 5.55. The van der Waals surface area contributed by atoms with Gasteiger partial charge in [0.05, 0.1) is 11.8 Å². The van der Waals surface area contributed by atoms with Crippen molar-refractivity contribution < 1.29 is 22.7 Å². The predicted octanol–water partition coefficient (Wildman–Crippen LogP) is 1.92. The summed E-state index contributed by atoms with van der Waals surface area (Å²) in [5, 5.41) is 8.73. The molecule has 0 radical (unpaired) electrons. The van der Waals surface area contributed by atoms with E-state index in [4.69, 9.17) is 9.52 Å². The lowest BCUT2D eigenvalue weighted by molar-refractivity contribution is 0.0697. The second-order valence-electron chi connectivity index (χ2n) is 3.82. The molecule has 0 aliphatic heterocycles. The highest BCUT2D eigenvalue weighted by molar-refractivity contribution is 7.91. The number of sulfonamides is 1. The van der Waals surface area contributed by atoms with E-state index in [1.807, 2.05) is 0 Å². The van der Waals surface area contributed by atoms with E-state index in [1.165, 1.54) is 30.5 Å². The van der Waals surface area contributed by atoms with Crippen LogP contribution in [0.1, 0.15) is 16.1 Å². The number of carbonyl (C=O) groups is 1. The van der Waals surface area contributed by atoms with Crippen LogP contribution in [-0.2, 0) is 15.8 Å². The standard InChI is InChI=1S/C12H11NO5S/c14-12(15)9-3-5-10(6-4-9)13-19(16,17)8-11-2-1-7-18-11/h1-7,13H,8H2,(H,14,15). The van der Waals surface area contributed by atoms with E-state index in [9.17, 15) is 13.2 Å². The van der Waals surface area contributed by atoms with Crippen molar-refractivity contribution in [2.75, 3.05) is 4.72 Å². The molecule has 0 atom stereocenters. The molecule has 2 N–H and O–H groups in total. The predicted molar refractivity (Wildman–Crippen MR) is 68.4 cm³/mol. The van der Waals surface area contributed by atoms with Crippen LogP contribution in [0.4, 0.5) is 5.69 Å². The highest BCUT2D eigenvalue weighted by Crippen LogP contribution is 2.14. The SMILES string of the molecule is O=C(O)c1ccc(NS(=O)(=O)Cc2ccco2)cc1. The number of carboxylic acid groups (broad SMARTS) is 1. The van der Waals surface area contributed by atoms with E-state index in [-0.39, 0.29) is 11.3 Å². The van der Waals surface area contributed by atoms with Gasteiger partial charge in [0.2, 0.25) is 10.0 Å². The summed E-state index contributed by atoms with van der Waals surface area (Å²) < 4.78 is 30.9. The zero-order chi connectivity index (χ0) is 13.9. The van der Waals surface area contributed by atoms with Crippen molar-refractivity contribution in [1.82, 2.24) is 0 Å². The molecule has 19 heavy (non-hydrogen) atoms. The number of nitrogens with one attached hydrogen (secondary N) is 1. The van der Waals surface area contributed by atoms with Crippen LogP contribution in [0, 0.1) is 0 Å². The largest absolute Gasteiger partial charge is 0.478 e. The van der Waals surface area contributed by atoms with Gasteiger partial charge in [-0.05, 0) is 36.4 Å². The van der Waals surface area contributed by atoms with Gasteiger partial charge in [-0.1, -0.05) is 0 Å². The maximum atomic E-state index is 11.8. The molecule has 6 nitrogen and oxygen atoms in total. The molecule has 0 amide bonds. The second kappa shape index (κ2) is 5.15. The average molecular weight is 281 g/mol. The van der Waals surface area contributed by atoms with Crippen molar-refractivity contribution in [3.63, 3.8) is 0 Å². The highest BCUT2D eigenvalue weighted by Gasteiger charge is 2.13. The van der Waals surface area contributed by atoms with Gasteiger partial charge in [0.1, 0.15) is 11.5 Å². The molecule has 100 valence electrons. The fraction of sp³-hybridized carbons (Fsp3) is 0.0833. The minimum Gasteiger partial charge on any atom is -0.478 e. The van der Waals surface area contributed by atoms with Gasteiger partial charge in [0, 0.05) is 5.69 Å². The fourth-order valence-electron chi connectivity index (χ4n) is 1.48. The van der Waals surface area contributed by atoms with E-state index in [0.717, 1.165) is 0 Å². The Hall–Kier alpha value is -2.28. The van der Waals surface area contributed by atoms with Crippen LogP contribution in [0.25, 0.3) is 0 Å². The Bertz CT molecular complexity index is 659. The topological polar surface area (TPSA) is 96.6 Å². The molecule has 1 aromatic heterocycles. The van der Waals surface area contributed by atoms with Crippen molar-refractivity contribution in [2.24, 2.45) is 0 Å². The molecule has 0 aliphatic rings. The zero-order valence-electron chi connectivity index (χ0n) is 9.74. The van der Waals surface area contributed by atoms with Crippen molar-refractivity contribution in [1.29, 1.82) is 0 Å². The molecular formula is C12H11NO5S. The third-order valence-corrected chi connectivity index (χ3v) is 3.53. The molecule has 0 saturated carbocycles. The summed E-state index contributed by atoms with van der Waals surface area (Å²) in [5.74, 6) is -1.01. The first-order valence-electron chi connectivity index (χ1n) is 5.32. The zero-order valence-corrected chi connectivity index (χ0v) is 10.6. The van der Waals surface area contributed by atoms with Crippen molar-refractivity contribution >= 4 is 21.7 Å². The Balaban J connectivity index is 2.09. The van der Waals surface area contributed by atoms with E-state index in [0.29, 0.717) is 11.4 Å². The monoisotopic (exact) mass is 281 g/mol. The number of hydrogen-bond acceptors (Lipinski definition) is 4. The minimum atomic E-state index is -3.58. The van der Waals surface area contributed by atoms with Crippen LogP contribution in [0.3, 0.4) is 0 Å². The van der Waals surface area contributed by atoms with Crippen LogP contribution in [0.2, 0.25) is 0 Å². The lowest BCUT2D eigenvalue weighted by atomic mass is 10.2. The van der Waals surface area contributed by atoms with Crippen molar-refractivity contribution in [2.45, 2.75) is 5.75 Å². The lowest BCUT2D eigenvalue weighted by Crippen LogP contribution is -2.14. The van der Waals surface area contributed by atoms with Crippen LogP contribution in [-0.4, -0.2) is 19.5 Å². The summed E-state index contributed by atoms with van der Waals surface area (Å²) in [6.07, 6.45) is 1.40. The van der Waals surface area contributed by atoms with Crippen LogP contribution < -0.4 is 4.72 Å². The van der Waals surface area contributed by atoms with Gasteiger partial charge in [-0.15, -0.1) is 0 Å². The number of anilines is 1. The average Bonchev–Trinajstić information content (AvgIpc) is 2.81. The Morgan fingerprint density at radius 2 is 1.89 bits per heavy atom. The maximum absolute atomic E-state index is 11.8. The van der Waals surface area contributed by atoms with E-state index in [1.54, 1.807) is 12.1 Å². The third kappa shape index (κ3) is 3.59. The molecule has 0 fully saturated rings. The van der Waals surface area contributed by atoms with Gasteiger partial charge in [-0.25, -0.2) is 13.2 Å². The number of benzene rings is 1. The van der Waals surface area contributed by atoms with Crippen LogP contribution in [0.15, 0.2) is 47.1 Å². The number of hydrogen-bond donors (Lipinski definition) is 2. The first-order valence-corrected chi connectivity index (χ1v) is 6.98. The highest BCUT2D eigenvalue weighted by atomic mass is 32.2. The van der Waals surface area contributed by atoms with Crippen LogP contribution in [0.5, 0.6) is 0 Å². The summed E-state index contributed by atoms with van der Waals surface area (Å²) in [7, 11) is -3.58. The van der Waals surface area contributed by atoms with Gasteiger partial charge in [0.15, 0.2) is 0 Å². The Labute approximate surface area is 109 Å². The first-order chi connectivity index (χ1) is 8.96. The van der Waals surface area contributed by atoms with Gasteiger partial charge in [0.25, 0.3) is 0 Å². The van der Waals surface area contributed by atoms with E-state index < -0.39 is 16.0 Å². The quantitative estimate of drug-likeness (QED) is 0.872. The molecule has 0 unspecified atom stereocenters. The molecule has 0 saturated heterocycles. The normalized spacial score (nSPS) is 11.2. The Morgan fingerprint density at radius 1 is 1.21 bits per heavy atom. The number of furan rings is 1. The van der Waals surface area contributed by atoms with Gasteiger partial charge < -0.3 is 9.52 Å². The molecule has 1 aromatic carbocycles. The van der Waals surface area contributed by atoms with Gasteiger partial charge in [-0.2, -0.15) is 0 Å². The van der Waals surface area contributed by atoms with Crippen molar-refractivity contribution in [3.05, 3.63) is 54.0 Å². The van der Waals surface area contributed by atoms with Crippen molar-refractivity contribution in [3.8, 4) is 0 Å². The number of rotatable bonds is 5. The summed E-state index contributed by atoms with van der Waals surface area (Å²) in [5.41, 5.74) is 0.394. The maximum Gasteiger partial charge on any atom is 0.335 e. The fourth-order valence-corrected chi connectivity index (χ4v) is 2.58. The molecule has 1 heterocycles. The first kappa shape index (κ1) is 13.2. The van der Waals surface area contributed by atoms with Crippen LogP contribution >= 0.6 is 0 Å². The van der Waals surface area contributed by atoms with Gasteiger partial charge in [-0.3, -0.25) is 4.72 Å². The molecule has 0 spiro atoms. The lowest BCUT2D eigenvalue weighted by Gasteiger charge is -2.06. The summed E-state index contributed by atoms with van der Waals surface area (Å²) in [4.78, 5) is 10.7. The molecule has 0 aliphatic carbocycles. The van der Waals surface area contributed by atoms with E-state index >= 15 is 0 Å². The van der Waals surface area contributed by atoms with Gasteiger partial charge >= 0.3 is 5.97 Å². The molecule has 0 bridgehead atoms. The number of carboxylic acids is 1. The molecule has 7 heteroatoms.